The molecule has 0 aliphatic rings. The lowest BCUT2D eigenvalue weighted by molar-refractivity contribution is 0.0955. The Hall–Kier alpha value is -1.23. The van der Waals surface area contributed by atoms with Gasteiger partial charge in [-0.3, -0.25) is 4.79 Å². The molecule has 0 aromatic heterocycles. The first-order valence-corrected chi connectivity index (χ1v) is 8.53. The average molecular weight is 358 g/mol. The second-order valence-corrected chi connectivity index (χ2v) is 6.50. The summed E-state index contributed by atoms with van der Waals surface area (Å²) in [6.45, 7) is 0.505. The fourth-order valence-corrected chi connectivity index (χ4v) is 3.21. The highest BCUT2D eigenvalue weighted by Gasteiger charge is 2.06. The number of carbonyl (C=O) groups excluding carboxylic acids is 1. The molecule has 2 aromatic rings. The summed E-state index contributed by atoms with van der Waals surface area (Å²) >= 11 is 13.6. The Kier molecular flexibility index (Phi) is 6.55. The van der Waals surface area contributed by atoms with Crippen LogP contribution in [-0.2, 0) is 5.75 Å². The highest BCUT2D eigenvalue weighted by molar-refractivity contribution is 7.98. The first-order chi connectivity index (χ1) is 10.6. The van der Waals surface area contributed by atoms with E-state index < -0.39 is 5.82 Å². The molecule has 6 heteroatoms. The van der Waals surface area contributed by atoms with Gasteiger partial charge in [-0.1, -0.05) is 35.3 Å². The smallest absolute Gasteiger partial charge is 0.251 e. The van der Waals surface area contributed by atoms with Crippen LogP contribution in [0.5, 0.6) is 0 Å². The zero-order valence-electron chi connectivity index (χ0n) is 11.6. The highest BCUT2D eigenvalue weighted by atomic mass is 35.5. The summed E-state index contributed by atoms with van der Waals surface area (Å²) in [5.41, 5.74) is 1.33. The second kappa shape index (κ2) is 8.42. The predicted molar refractivity (Wildman–Crippen MR) is 91.4 cm³/mol. The first kappa shape index (κ1) is 17.1. The minimum absolute atomic E-state index is 0.273. The van der Waals surface area contributed by atoms with Crippen LogP contribution in [0.2, 0.25) is 10.0 Å². The van der Waals surface area contributed by atoms with Crippen molar-refractivity contribution in [2.24, 2.45) is 0 Å². The second-order valence-electron chi connectivity index (χ2n) is 4.55. The molecule has 0 spiro atoms. The van der Waals surface area contributed by atoms with Gasteiger partial charge in [0.1, 0.15) is 5.82 Å². The van der Waals surface area contributed by atoms with E-state index in [0.29, 0.717) is 22.2 Å². The summed E-state index contributed by atoms with van der Waals surface area (Å²) in [6.07, 6.45) is 0. The Morgan fingerprint density at radius 1 is 1.18 bits per heavy atom. The number of hydrogen-bond acceptors (Lipinski definition) is 2. The first-order valence-electron chi connectivity index (χ1n) is 6.61. The van der Waals surface area contributed by atoms with Gasteiger partial charge in [-0.05, 0) is 35.9 Å². The van der Waals surface area contributed by atoms with Crippen LogP contribution in [0.4, 0.5) is 4.39 Å². The van der Waals surface area contributed by atoms with Gasteiger partial charge < -0.3 is 5.32 Å². The van der Waals surface area contributed by atoms with Crippen molar-refractivity contribution in [1.82, 2.24) is 5.32 Å². The van der Waals surface area contributed by atoms with Crippen LogP contribution in [0, 0.1) is 5.82 Å². The molecule has 1 amide bonds. The molecule has 1 N–H and O–H groups in total. The van der Waals surface area contributed by atoms with Gasteiger partial charge in [0.05, 0.1) is 0 Å². The van der Waals surface area contributed by atoms with E-state index in [4.69, 9.17) is 23.2 Å². The van der Waals surface area contributed by atoms with Gasteiger partial charge in [0.15, 0.2) is 0 Å². The number of thioether (sulfide) groups is 1. The molecule has 22 heavy (non-hydrogen) atoms. The van der Waals surface area contributed by atoms with E-state index >= 15 is 0 Å². The Morgan fingerprint density at radius 3 is 2.73 bits per heavy atom. The Morgan fingerprint density at radius 2 is 2.00 bits per heavy atom. The molecule has 0 aliphatic heterocycles. The lowest BCUT2D eigenvalue weighted by Crippen LogP contribution is -2.25. The summed E-state index contributed by atoms with van der Waals surface area (Å²) in [7, 11) is 0. The van der Waals surface area contributed by atoms with E-state index in [2.05, 4.69) is 5.32 Å². The van der Waals surface area contributed by atoms with Crippen molar-refractivity contribution in [2.75, 3.05) is 12.3 Å². The molecule has 0 radical (unpaired) electrons. The van der Waals surface area contributed by atoms with Gasteiger partial charge in [-0.2, -0.15) is 11.8 Å². The molecule has 2 aromatic carbocycles. The monoisotopic (exact) mass is 357 g/mol. The van der Waals surface area contributed by atoms with E-state index in [-0.39, 0.29) is 5.91 Å². The third-order valence-electron chi connectivity index (χ3n) is 2.89. The lowest BCUT2D eigenvalue weighted by atomic mass is 10.2. The van der Waals surface area contributed by atoms with Gasteiger partial charge in [-0.25, -0.2) is 4.39 Å². The molecule has 0 saturated heterocycles. The van der Waals surface area contributed by atoms with Crippen molar-refractivity contribution in [3.05, 3.63) is 69.5 Å². The fourth-order valence-electron chi connectivity index (χ4n) is 1.79. The summed E-state index contributed by atoms with van der Waals surface area (Å²) in [6, 6.07) is 11.0. The van der Waals surface area contributed by atoms with E-state index in [0.717, 1.165) is 17.1 Å². The van der Waals surface area contributed by atoms with Gasteiger partial charge in [-0.15, -0.1) is 0 Å². The van der Waals surface area contributed by atoms with Crippen LogP contribution in [0.1, 0.15) is 15.9 Å². The molecular weight excluding hydrogens is 344 g/mol. The number of halogens is 3. The maximum absolute atomic E-state index is 13.0. The lowest BCUT2D eigenvalue weighted by Gasteiger charge is -2.07. The molecule has 0 atom stereocenters. The largest absolute Gasteiger partial charge is 0.351 e. The Bertz CT molecular complexity index is 666. The zero-order valence-corrected chi connectivity index (χ0v) is 13.9. The molecular formula is C16H14Cl2FNOS. The van der Waals surface area contributed by atoms with Crippen LogP contribution in [0.3, 0.4) is 0 Å². The number of hydrogen-bond donors (Lipinski definition) is 1. The molecule has 0 aliphatic carbocycles. The predicted octanol–water partition coefficient (Wildman–Crippen LogP) is 4.80. The zero-order chi connectivity index (χ0) is 15.9. The van der Waals surface area contributed by atoms with Gasteiger partial charge >= 0.3 is 0 Å². The van der Waals surface area contributed by atoms with Crippen molar-refractivity contribution >= 4 is 40.9 Å². The molecule has 2 nitrogen and oxygen atoms in total. The highest BCUT2D eigenvalue weighted by Crippen LogP contribution is 2.24. The van der Waals surface area contributed by atoms with E-state index in [1.165, 1.54) is 18.2 Å². The standard InChI is InChI=1S/C16H14Cl2FNOS/c17-13-5-4-12(15(18)9-13)10-22-7-6-20-16(21)11-2-1-3-14(19)8-11/h1-5,8-9H,6-7,10H2,(H,20,21). The molecule has 0 unspecified atom stereocenters. The molecule has 2 rings (SSSR count). The van der Waals surface area contributed by atoms with Crippen LogP contribution in [-0.4, -0.2) is 18.2 Å². The van der Waals surface area contributed by atoms with Gasteiger partial charge in [0.25, 0.3) is 5.91 Å². The van der Waals surface area contributed by atoms with E-state index in [9.17, 15) is 9.18 Å². The van der Waals surface area contributed by atoms with Crippen molar-refractivity contribution in [2.45, 2.75) is 5.75 Å². The Labute approximate surface area is 143 Å². The molecule has 0 fully saturated rings. The molecule has 0 bridgehead atoms. The fraction of sp³-hybridized carbons (Fsp3) is 0.188. The number of rotatable bonds is 6. The van der Waals surface area contributed by atoms with Crippen molar-refractivity contribution in [3.63, 3.8) is 0 Å². The average Bonchev–Trinajstić information content (AvgIpc) is 2.48. The van der Waals surface area contributed by atoms with Gasteiger partial charge in [0, 0.05) is 33.7 Å². The SMILES string of the molecule is O=C(NCCSCc1ccc(Cl)cc1Cl)c1cccc(F)c1. The number of benzene rings is 2. The summed E-state index contributed by atoms with van der Waals surface area (Å²) in [5.74, 6) is 0.787. The van der Waals surface area contributed by atoms with Crippen molar-refractivity contribution < 1.29 is 9.18 Å². The quantitative estimate of drug-likeness (QED) is 0.752. The maximum Gasteiger partial charge on any atom is 0.251 e. The number of nitrogens with one attached hydrogen (secondary N) is 1. The van der Waals surface area contributed by atoms with Crippen molar-refractivity contribution in [3.8, 4) is 0 Å². The summed E-state index contributed by atoms with van der Waals surface area (Å²) in [4.78, 5) is 11.8. The van der Waals surface area contributed by atoms with Crippen LogP contribution >= 0.6 is 35.0 Å². The third-order valence-corrected chi connectivity index (χ3v) is 4.49. The third kappa shape index (κ3) is 5.20. The van der Waals surface area contributed by atoms with E-state index in [1.54, 1.807) is 30.0 Å². The Balaban J connectivity index is 1.72. The maximum atomic E-state index is 13.0. The van der Waals surface area contributed by atoms with Gasteiger partial charge in [0.2, 0.25) is 0 Å². The summed E-state index contributed by atoms with van der Waals surface area (Å²) < 4.78 is 13.0. The van der Waals surface area contributed by atoms with E-state index in [1.807, 2.05) is 6.07 Å². The normalized spacial score (nSPS) is 10.5. The topological polar surface area (TPSA) is 29.1 Å². The van der Waals surface area contributed by atoms with Crippen molar-refractivity contribution in [1.29, 1.82) is 0 Å². The minimum atomic E-state index is -0.417. The number of carbonyl (C=O) groups is 1. The molecule has 0 heterocycles. The van der Waals surface area contributed by atoms with Crippen LogP contribution in [0.15, 0.2) is 42.5 Å². The minimum Gasteiger partial charge on any atom is -0.351 e. The van der Waals surface area contributed by atoms with Crippen LogP contribution in [0.25, 0.3) is 0 Å². The summed E-state index contributed by atoms with van der Waals surface area (Å²) in [5, 5.41) is 4.01. The number of amides is 1. The van der Waals surface area contributed by atoms with Crippen LogP contribution < -0.4 is 5.32 Å². The molecule has 116 valence electrons. The molecule has 0 saturated carbocycles.